The van der Waals surface area contributed by atoms with Gasteiger partial charge in [0.25, 0.3) is 0 Å². The fourth-order valence-electron chi connectivity index (χ4n) is 5.22. The first-order valence-corrected chi connectivity index (χ1v) is 16.2. The molecule has 0 bridgehead atoms. The van der Waals surface area contributed by atoms with Gasteiger partial charge < -0.3 is 40.3 Å². The van der Waals surface area contributed by atoms with Crippen molar-refractivity contribution in [3.8, 4) is 0 Å². The number of rotatable bonds is 25. The van der Waals surface area contributed by atoms with Crippen molar-refractivity contribution in [3.63, 3.8) is 0 Å². The van der Waals surface area contributed by atoms with Crippen LogP contribution in [-0.4, -0.2) is 87.5 Å². The molecular formula is C31H61NO8. The Labute approximate surface area is 243 Å². The molecule has 1 heterocycles. The summed E-state index contributed by atoms with van der Waals surface area (Å²) in [6.07, 6.45) is 12.8. The van der Waals surface area contributed by atoms with Gasteiger partial charge in [0.05, 0.1) is 25.4 Å². The predicted molar refractivity (Wildman–Crippen MR) is 157 cm³/mol. The Morgan fingerprint density at radius 1 is 0.750 bits per heavy atom. The van der Waals surface area contributed by atoms with Crippen molar-refractivity contribution in [1.82, 2.24) is 5.32 Å². The first-order valence-electron chi connectivity index (χ1n) is 16.2. The zero-order valence-electron chi connectivity index (χ0n) is 25.4. The number of aliphatic hydroxyl groups is 5. The van der Waals surface area contributed by atoms with Crippen LogP contribution in [0.25, 0.3) is 0 Å². The van der Waals surface area contributed by atoms with Crippen molar-refractivity contribution < 1.29 is 39.8 Å². The lowest BCUT2D eigenvalue weighted by molar-refractivity contribution is -0.302. The zero-order chi connectivity index (χ0) is 29.6. The molecule has 0 spiro atoms. The maximum Gasteiger partial charge on any atom is 0.220 e. The van der Waals surface area contributed by atoms with E-state index in [1.165, 1.54) is 70.6 Å². The number of amides is 1. The Balaban J connectivity index is 2.51. The standard InChI is InChI=1S/C31H61NO8/c1-3-5-7-9-11-12-13-15-16-18-20-25(34)24(32-27(35)21-19-17-14-10-8-6-4-2)23-39-31-30(38)29(37)28(36)26(22-33)40-31/h24-26,28-31,33-34,36-38H,3-23H2,1-2H3,(H,32,35)/t24-,25+,26+,28-,29?,30?,31+/m0/s1. The number of carbonyl (C=O) groups is 1. The molecule has 0 radical (unpaired) electrons. The Hall–Kier alpha value is -0.810. The van der Waals surface area contributed by atoms with Gasteiger partial charge >= 0.3 is 0 Å². The molecule has 7 atom stereocenters. The number of unbranched alkanes of at least 4 members (excludes halogenated alkanes) is 15. The molecule has 2 unspecified atom stereocenters. The van der Waals surface area contributed by atoms with Gasteiger partial charge in [-0.1, -0.05) is 117 Å². The first-order chi connectivity index (χ1) is 19.3. The van der Waals surface area contributed by atoms with E-state index in [4.69, 9.17) is 9.47 Å². The van der Waals surface area contributed by atoms with E-state index in [0.29, 0.717) is 12.8 Å². The van der Waals surface area contributed by atoms with Gasteiger partial charge in [0.15, 0.2) is 6.29 Å². The van der Waals surface area contributed by atoms with Gasteiger partial charge in [-0.2, -0.15) is 0 Å². The van der Waals surface area contributed by atoms with Crippen LogP contribution >= 0.6 is 0 Å². The lowest BCUT2D eigenvalue weighted by atomic mass is 9.99. The van der Waals surface area contributed by atoms with Crippen molar-refractivity contribution in [2.24, 2.45) is 0 Å². The molecule has 1 fully saturated rings. The smallest absolute Gasteiger partial charge is 0.220 e. The highest BCUT2D eigenvalue weighted by atomic mass is 16.7. The van der Waals surface area contributed by atoms with Gasteiger partial charge in [0.1, 0.15) is 24.4 Å². The second kappa shape index (κ2) is 23.7. The van der Waals surface area contributed by atoms with Crippen molar-refractivity contribution in [2.45, 2.75) is 179 Å². The summed E-state index contributed by atoms with van der Waals surface area (Å²) in [4.78, 5) is 12.7. The molecule has 0 aromatic heterocycles. The second-order valence-corrected chi connectivity index (χ2v) is 11.6. The monoisotopic (exact) mass is 575 g/mol. The van der Waals surface area contributed by atoms with Crippen molar-refractivity contribution in [1.29, 1.82) is 0 Å². The molecule has 6 N–H and O–H groups in total. The summed E-state index contributed by atoms with van der Waals surface area (Å²) in [5.74, 6) is -0.155. The van der Waals surface area contributed by atoms with E-state index < -0.39 is 49.5 Å². The van der Waals surface area contributed by atoms with Crippen LogP contribution in [0.3, 0.4) is 0 Å². The van der Waals surface area contributed by atoms with Crippen LogP contribution in [0.5, 0.6) is 0 Å². The molecule has 0 aromatic carbocycles. The van der Waals surface area contributed by atoms with Gasteiger partial charge in [-0.15, -0.1) is 0 Å². The number of ether oxygens (including phenoxy) is 2. The summed E-state index contributed by atoms with van der Waals surface area (Å²) in [7, 11) is 0. The minimum atomic E-state index is -1.54. The van der Waals surface area contributed by atoms with Gasteiger partial charge in [-0.05, 0) is 12.8 Å². The summed E-state index contributed by atoms with van der Waals surface area (Å²) >= 11 is 0. The van der Waals surface area contributed by atoms with Crippen molar-refractivity contribution in [3.05, 3.63) is 0 Å². The largest absolute Gasteiger partial charge is 0.394 e. The van der Waals surface area contributed by atoms with Crippen LogP contribution in [0.2, 0.25) is 0 Å². The molecule has 1 amide bonds. The number of hydrogen-bond acceptors (Lipinski definition) is 8. The van der Waals surface area contributed by atoms with Crippen LogP contribution in [0.4, 0.5) is 0 Å². The van der Waals surface area contributed by atoms with E-state index in [9.17, 15) is 30.3 Å². The van der Waals surface area contributed by atoms with Gasteiger partial charge in [0.2, 0.25) is 5.91 Å². The SMILES string of the molecule is CCCCCCCCCCCC[C@@H](O)[C@H](CO[C@@H]1O[C@H](CO)[C@H](O)C(O)C1O)NC(=O)CCCCCCCCC. The third-order valence-electron chi connectivity index (χ3n) is 7.96. The lowest BCUT2D eigenvalue weighted by Crippen LogP contribution is -2.60. The summed E-state index contributed by atoms with van der Waals surface area (Å²) in [5, 5.41) is 53.6. The molecule has 1 aliphatic rings. The number of aliphatic hydroxyl groups excluding tert-OH is 5. The van der Waals surface area contributed by atoms with Gasteiger partial charge in [-0.25, -0.2) is 0 Å². The molecule has 0 saturated carbocycles. The quantitative estimate of drug-likeness (QED) is 0.0892. The third-order valence-corrected chi connectivity index (χ3v) is 7.96. The molecular weight excluding hydrogens is 514 g/mol. The van der Waals surface area contributed by atoms with Crippen LogP contribution < -0.4 is 5.32 Å². The van der Waals surface area contributed by atoms with Gasteiger partial charge in [-0.3, -0.25) is 4.79 Å². The average Bonchev–Trinajstić information content (AvgIpc) is 2.95. The zero-order valence-corrected chi connectivity index (χ0v) is 25.4. The van der Waals surface area contributed by atoms with E-state index in [1.807, 2.05) is 0 Å². The third kappa shape index (κ3) is 16.0. The van der Waals surface area contributed by atoms with Crippen molar-refractivity contribution >= 4 is 5.91 Å². The molecule has 0 aliphatic carbocycles. The molecule has 9 heteroatoms. The highest BCUT2D eigenvalue weighted by Crippen LogP contribution is 2.23. The number of hydrogen-bond donors (Lipinski definition) is 6. The molecule has 1 aliphatic heterocycles. The predicted octanol–water partition coefficient (Wildman–Crippen LogP) is 4.10. The Morgan fingerprint density at radius 3 is 1.77 bits per heavy atom. The van der Waals surface area contributed by atoms with Crippen LogP contribution in [0.15, 0.2) is 0 Å². The normalized spacial score (nSPS) is 24.6. The number of carbonyl (C=O) groups excluding carboxylic acids is 1. The molecule has 40 heavy (non-hydrogen) atoms. The Morgan fingerprint density at radius 2 is 1.25 bits per heavy atom. The molecule has 1 saturated heterocycles. The summed E-state index contributed by atoms with van der Waals surface area (Å²) < 4.78 is 11.1. The lowest BCUT2D eigenvalue weighted by Gasteiger charge is -2.40. The van der Waals surface area contributed by atoms with Crippen molar-refractivity contribution in [2.75, 3.05) is 13.2 Å². The van der Waals surface area contributed by atoms with E-state index in [-0.39, 0.29) is 12.5 Å². The van der Waals surface area contributed by atoms with E-state index in [0.717, 1.165) is 38.5 Å². The fraction of sp³-hybridized carbons (Fsp3) is 0.968. The molecule has 9 nitrogen and oxygen atoms in total. The molecule has 238 valence electrons. The summed E-state index contributed by atoms with van der Waals surface area (Å²) in [6, 6.07) is -0.706. The highest BCUT2D eigenvalue weighted by Gasteiger charge is 2.44. The number of nitrogens with one attached hydrogen (secondary N) is 1. The summed E-state index contributed by atoms with van der Waals surface area (Å²) in [6.45, 7) is 3.73. The van der Waals surface area contributed by atoms with Gasteiger partial charge in [0, 0.05) is 6.42 Å². The fourth-order valence-corrected chi connectivity index (χ4v) is 5.22. The van der Waals surface area contributed by atoms with E-state index >= 15 is 0 Å². The Kier molecular flexibility index (Phi) is 22.1. The van der Waals surface area contributed by atoms with E-state index in [1.54, 1.807) is 0 Å². The minimum Gasteiger partial charge on any atom is -0.394 e. The van der Waals surface area contributed by atoms with E-state index in [2.05, 4.69) is 19.2 Å². The maximum absolute atomic E-state index is 12.7. The minimum absolute atomic E-state index is 0.135. The molecule has 0 aromatic rings. The molecule has 1 rings (SSSR count). The Bertz CT molecular complexity index is 608. The van der Waals surface area contributed by atoms with Crippen LogP contribution in [0.1, 0.15) is 136 Å². The van der Waals surface area contributed by atoms with Crippen LogP contribution in [0, 0.1) is 0 Å². The highest BCUT2D eigenvalue weighted by molar-refractivity contribution is 5.76. The topological polar surface area (TPSA) is 149 Å². The summed E-state index contributed by atoms with van der Waals surface area (Å²) in [5.41, 5.74) is 0. The van der Waals surface area contributed by atoms with Crippen LogP contribution in [-0.2, 0) is 14.3 Å². The first kappa shape index (κ1) is 37.2. The maximum atomic E-state index is 12.7. The average molecular weight is 576 g/mol. The second-order valence-electron chi connectivity index (χ2n) is 11.6.